The summed E-state index contributed by atoms with van der Waals surface area (Å²) >= 11 is 0. The molecular formula is C16H14N4O3. The van der Waals surface area contributed by atoms with Gasteiger partial charge in [-0.3, -0.25) is 18.7 Å². The minimum absolute atomic E-state index is 0.156. The highest BCUT2D eigenvalue weighted by atomic mass is 16.2. The SMILES string of the molecule is Cn1c2c(c(=O)n(C)c1=O)[C@H](c1ccccc1)[C@H](C#N)C(=O)N2. The number of nitrogens with one attached hydrogen (secondary N) is 1. The molecular weight excluding hydrogens is 296 g/mol. The van der Waals surface area contributed by atoms with Gasteiger partial charge >= 0.3 is 5.69 Å². The molecule has 0 spiro atoms. The van der Waals surface area contributed by atoms with Gasteiger partial charge in [-0.1, -0.05) is 30.3 Å². The molecule has 2 heterocycles. The quantitative estimate of drug-likeness (QED) is 0.819. The fraction of sp³-hybridized carbons (Fsp3) is 0.250. The Hall–Kier alpha value is -3.14. The lowest BCUT2D eigenvalue weighted by Crippen LogP contribution is -2.46. The molecule has 1 amide bonds. The summed E-state index contributed by atoms with van der Waals surface area (Å²) in [6.07, 6.45) is 0. The highest BCUT2D eigenvalue weighted by molar-refractivity contribution is 5.97. The molecule has 1 N–H and O–H groups in total. The number of rotatable bonds is 1. The van der Waals surface area contributed by atoms with Crippen LogP contribution in [0.3, 0.4) is 0 Å². The summed E-state index contributed by atoms with van der Waals surface area (Å²) in [5, 5.41) is 11.9. The van der Waals surface area contributed by atoms with Crippen LogP contribution in [0.15, 0.2) is 39.9 Å². The number of nitrogens with zero attached hydrogens (tertiary/aromatic N) is 3. The maximum absolute atomic E-state index is 12.6. The Balaban J connectivity index is 2.41. The summed E-state index contributed by atoms with van der Waals surface area (Å²) in [5.74, 6) is -2.11. The van der Waals surface area contributed by atoms with Gasteiger partial charge < -0.3 is 5.32 Å². The number of hydrogen-bond donors (Lipinski definition) is 1. The van der Waals surface area contributed by atoms with E-state index in [1.54, 1.807) is 24.3 Å². The average molecular weight is 310 g/mol. The second-order valence-corrected chi connectivity index (χ2v) is 5.45. The van der Waals surface area contributed by atoms with Crippen LogP contribution in [0.4, 0.5) is 5.82 Å². The fourth-order valence-corrected chi connectivity index (χ4v) is 2.97. The van der Waals surface area contributed by atoms with Crippen molar-refractivity contribution in [3.8, 4) is 6.07 Å². The van der Waals surface area contributed by atoms with Gasteiger partial charge in [-0.2, -0.15) is 5.26 Å². The third kappa shape index (κ3) is 2.07. The average Bonchev–Trinajstić information content (AvgIpc) is 2.57. The number of aromatic nitrogens is 2. The Labute approximate surface area is 131 Å². The Morgan fingerprint density at radius 2 is 1.74 bits per heavy atom. The van der Waals surface area contributed by atoms with Gasteiger partial charge in [-0.15, -0.1) is 0 Å². The first kappa shape index (κ1) is 14.8. The van der Waals surface area contributed by atoms with Crippen molar-refractivity contribution in [1.29, 1.82) is 5.26 Å². The van der Waals surface area contributed by atoms with Gasteiger partial charge in [0.15, 0.2) is 0 Å². The van der Waals surface area contributed by atoms with Crippen LogP contribution in [0.5, 0.6) is 0 Å². The molecule has 0 saturated carbocycles. The molecule has 116 valence electrons. The van der Waals surface area contributed by atoms with E-state index < -0.39 is 29.0 Å². The molecule has 0 saturated heterocycles. The molecule has 0 radical (unpaired) electrons. The predicted octanol–water partition coefficient (Wildman–Crippen LogP) is 0.308. The van der Waals surface area contributed by atoms with Crippen molar-refractivity contribution >= 4 is 11.7 Å². The predicted molar refractivity (Wildman–Crippen MR) is 82.9 cm³/mol. The lowest BCUT2D eigenvalue weighted by Gasteiger charge is -2.30. The molecule has 1 aromatic heterocycles. The highest BCUT2D eigenvalue weighted by Crippen LogP contribution is 2.37. The zero-order valence-corrected chi connectivity index (χ0v) is 12.6. The number of nitriles is 1. The van der Waals surface area contributed by atoms with Crippen LogP contribution in [0.1, 0.15) is 17.0 Å². The van der Waals surface area contributed by atoms with Crippen LogP contribution in [0, 0.1) is 17.2 Å². The van der Waals surface area contributed by atoms with Crippen molar-refractivity contribution in [3.63, 3.8) is 0 Å². The van der Waals surface area contributed by atoms with Crippen LogP contribution in [0.25, 0.3) is 0 Å². The molecule has 7 heteroatoms. The van der Waals surface area contributed by atoms with Crippen molar-refractivity contribution in [3.05, 3.63) is 62.3 Å². The molecule has 0 unspecified atom stereocenters. The first-order valence-corrected chi connectivity index (χ1v) is 7.02. The molecule has 0 bridgehead atoms. The van der Waals surface area contributed by atoms with E-state index in [2.05, 4.69) is 5.32 Å². The van der Waals surface area contributed by atoms with Gasteiger partial charge in [0, 0.05) is 20.0 Å². The highest BCUT2D eigenvalue weighted by Gasteiger charge is 2.40. The third-order valence-electron chi connectivity index (χ3n) is 4.17. The van der Waals surface area contributed by atoms with Gasteiger partial charge in [0.2, 0.25) is 5.91 Å². The Morgan fingerprint density at radius 3 is 2.35 bits per heavy atom. The van der Waals surface area contributed by atoms with Crippen LogP contribution in [-0.4, -0.2) is 15.0 Å². The topological polar surface area (TPSA) is 96.9 Å². The normalized spacial score (nSPS) is 19.6. The molecule has 1 aliphatic rings. The fourth-order valence-electron chi connectivity index (χ4n) is 2.97. The Morgan fingerprint density at radius 1 is 1.09 bits per heavy atom. The van der Waals surface area contributed by atoms with Crippen molar-refractivity contribution in [2.45, 2.75) is 5.92 Å². The summed E-state index contributed by atoms with van der Waals surface area (Å²) in [4.78, 5) is 37.0. The Kier molecular flexibility index (Phi) is 3.37. The lowest BCUT2D eigenvalue weighted by atomic mass is 9.79. The zero-order chi connectivity index (χ0) is 16.7. The summed E-state index contributed by atoms with van der Waals surface area (Å²) in [7, 11) is 2.86. The van der Waals surface area contributed by atoms with E-state index in [-0.39, 0.29) is 11.4 Å². The van der Waals surface area contributed by atoms with E-state index in [0.29, 0.717) is 5.56 Å². The molecule has 0 fully saturated rings. The first-order chi connectivity index (χ1) is 11.0. The molecule has 2 aromatic rings. The number of hydrogen-bond acceptors (Lipinski definition) is 4. The van der Waals surface area contributed by atoms with Crippen molar-refractivity contribution in [2.24, 2.45) is 20.0 Å². The molecule has 1 aromatic carbocycles. The Bertz CT molecular complexity index is 950. The van der Waals surface area contributed by atoms with Crippen molar-refractivity contribution in [1.82, 2.24) is 9.13 Å². The number of benzene rings is 1. The number of carbonyl (C=O) groups excluding carboxylic acids is 1. The van der Waals surface area contributed by atoms with Crippen LogP contribution < -0.4 is 16.6 Å². The van der Waals surface area contributed by atoms with E-state index in [4.69, 9.17) is 0 Å². The number of anilines is 1. The van der Waals surface area contributed by atoms with Crippen LogP contribution in [-0.2, 0) is 18.9 Å². The van der Waals surface area contributed by atoms with Gasteiger partial charge in [0.1, 0.15) is 11.7 Å². The van der Waals surface area contributed by atoms with Crippen molar-refractivity contribution in [2.75, 3.05) is 5.32 Å². The summed E-state index contributed by atoms with van der Waals surface area (Å²) in [6.45, 7) is 0. The number of amides is 1. The number of carbonyl (C=O) groups is 1. The van der Waals surface area contributed by atoms with Gasteiger partial charge in [-0.25, -0.2) is 4.79 Å². The van der Waals surface area contributed by atoms with Gasteiger partial charge in [0.05, 0.1) is 11.6 Å². The van der Waals surface area contributed by atoms with E-state index in [0.717, 1.165) is 4.57 Å². The van der Waals surface area contributed by atoms with Gasteiger partial charge in [-0.05, 0) is 5.56 Å². The van der Waals surface area contributed by atoms with Crippen LogP contribution in [0.2, 0.25) is 0 Å². The minimum Gasteiger partial charge on any atom is -0.310 e. The second-order valence-electron chi connectivity index (χ2n) is 5.45. The smallest absolute Gasteiger partial charge is 0.310 e. The minimum atomic E-state index is -1.03. The lowest BCUT2D eigenvalue weighted by molar-refractivity contribution is -0.119. The standard InChI is InChI=1S/C16H14N4O3/c1-19-13-12(15(22)20(2)16(19)23)11(9-6-4-3-5-7-9)10(8-17)14(21)18-13/h3-7,10-11H,1-2H3,(H,18,21)/t10-,11+/m0/s1. The van der Waals surface area contributed by atoms with E-state index in [1.165, 1.54) is 18.7 Å². The maximum Gasteiger partial charge on any atom is 0.332 e. The molecule has 3 rings (SSSR count). The molecule has 23 heavy (non-hydrogen) atoms. The second kappa shape index (κ2) is 5.25. The third-order valence-corrected chi connectivity index (χ3v) is 4.17. The zero-order valence-electron chi connectivity index (χ0n) is 12.6. The number of fused-ring (bicyclic) bond motifs is 1. The summed E-state index contributed by atoms with van der Waals surface area (Å²) in [6, 6.07) is 10.9. The largest absolute Gasteiger partial charge is 0.332 e. The molecule has 2 atom stereocenters. The summed E-state index contributed by atoms with van der Waals surface area (Å²) in [5.41, 5.74) is -0.0914. The maximum atomic E-state index is 12.6. The van der Waals surface area contributed by atoms with Crippen LogP contribution >= 0.6 is 0 Å². The van der Waals surface area contributed by atoms with E-state index >= 15 is 0 Å². The van der Waals surface area contributed by atoms with Crippen molar-refractivity contribution < 1.29 is 4.79 Å². The molecule has 0 aliphatic carbocycles. The molecule has 7 nitrogen and oxygen atoms in total. The van der Waals surface area contributed by atoms with Gasteiger partial charge in [0.25, 0.3) is 5.56 Å². The first-order valence-electron chi connectivity index (χ1n) is 7.02. The van der Waals surface area contributed by atoms with E-state index in [1.807, 2.05) is 12.1 Å². The summed E-state index contributed by atoms with van der Waals surface area (Å²) < 4.78 is 2.21. The van der Waals surface area contributed by atoms with E-state index in [9.17, 15) is 19.6 Å². The molecule has 1 aliphatic heterocycles. The monoisotopic (exact) mass is 310 g/mol.